The Morgan fingerprint density at radius 1 is 1.47 bits per heavy atom. The maximum Gasteiger partial charge on any atom is 0.0737 e. The van der Waals surface area contributed by atoms with Crippen LogP contribution in [-0.4, -0.2) is 6.61 Å². The summed E-state index contributed by atoms with van der Waals surface area (Å²) < 4.78 is 5.44. The highest BCUT2D eigenvalue weighted by atomic mass is 16.5. The number of hydrogen-bond donors (Lipinski definition) is 1. The van der Waals surface area contributed by atoms with Gasteiger partial charge >= 0.3 is 0 Å². The minimum Gasteiger partial charge on any atom is -0.398 e. The Bertz CT molecular complexity index is 344. The molecule has 1 atom stereocenters. The van der Waals surface area contributed by atoms with Gasteiger partial charge in [-0.2, -0.15) is 5.26 Å². The Morgan fingerprint density at radius 2 is 2.20 bits per heavy atom. The van der Waals surface area contributed by atoms with Crippen molar-refractivity contribution in [2.45, 2.75) is 20.0 Å². The maximum absolute atomic E-state index is 8.72. The fraction of sp³-hybridized carbons (Fsp3) is 0.417. The smallest absolute Gasteiger partial charge is 0.0737 e. The highest BCUT2D eigenvalue weighted by Gasteiger charge is 2.04. The van der Waals surface area contributed by atoms with Crippen LogP contribution in [0.1, 0.15) is 18.9 Å². The predicted octanol–water partition coefficient (Wildman–Crippen LogP) is 2.34. The third-order valence-corrected chi connectivity index (χ3v) is 2.31. The largest absolute Gasteiger partial charge is 0.398 e. The van der Waals surface area contributed by atoms with Crippen molar-refractivity contribution < 1.29 is 4.74 Å². The molecule has 0 amide bonds. The first-order valence-corrected chi connectivity index (χ1v) is 5.08. The summed E-state index contributed by atoms with van der Waals surface area (Å²) in [7, 11) is 0. The molecule has 80 valence electrons. The molecule has 0 bridgehead atoms. The lowest BCUT2D eigenvalue weighted by molar-refractivity contribution is 0.101. The van der Waals surface area contributed by atoms with E-state index in [0.29, 0.717) is 13.2 Å². The number of anilines is 1. The van der Waals surface area contributed by atoms with Crippen molar-refractivity contribution in [2.75, 3.05) is 12.3 Å². The molecule has 1 rings (SSSR count). The fourth-order valence-electron chi connectivity index (χ4n) is 1.22. The van der Waals surface area contributed by atoms with E-state index in [1.165, 1.54) is 0 Å². The molecule has 1 aromatic rings. The molecule has 0 heterocycles. The predicted molar refractivity (Wildman–Crippen MR) is 59.9 cm³/mol. The number of para-hydroxylation sites is 1. The molecule has 0 fully saturated rings. The molecule has 3 nitrogen and oxygen atoms in total. The number of nitrogens with two attached hydrogens (primary N) is 1. The molecule has 1 unspecified atom stereocenters. The molecule has 15 heavy (non-hydrogen) atoms. The van der Waals surface area contributed by atoms with E-state index in [1.54, 1.807) is 0 Å². The van der Waals surface area contributed by atoms with Crippen LogP contribution in [0.4, 0.5) is 5.69 Å². The summed E-state index contributed by atoms with van der Waals surface area (Å²) >= 11 is 0. The lowest BCUT2D eigenvalue weighted by Gasteiger charge is -2.08. The Morgan fingerprint density at radius 3 is 2.80 bits per heavy atom. The number of hydrogen-bond acceptors (Lipinski definition) is 3. The van der Waals surface area contributed by atoms with E-state index < -0.39 is 0 Å². The summed E-state index contributed by atoms with van der Waals surface area (Å²) in [5, 5.41) is 8.72. The van der Waals surface area contributed by atoms with Crippen molar-refractivity contribution in [3.8, 4) is 6.07 Å². The summed E-state index contributed by atoms with van der Waals surface area (Å²) in [4.78, 5) is 0. The average Bonchev–Trinajstić information content (AvgIpc) is 2.27. The number of nitriles is 1. The molecule has 0 radical (unpaired) electrons. The summed E-state index contributed by atoms with van der Waals surface area (Å²) in [5.41, 5.74) is 7.47. The van der Waals surface area contributed by atoms with Crippen molar-refractivity contribution in [3.05, 3.63) is 29.8 Å². The maximum atomic E-state index is 8.72. The minimum absolute atomic E-state index is 0.0186. The highest BCUT2D eigenvalue weighted by Crippen LogP contribution is 2.12. The number of ether oxygens (including phenoxy) is 1. The molecule has 0 spiro atoms. The Kier molecular flexibility index (Phi) is 4.65. The number of rotatable bonds is 5. The Labute approximate surface area is 90.5 Å². The molecule has 0 aliphatic carbocycles. The first-order valence-electron chi connectivity index (χ1n) is 5.08. The second kappa shape index (κ2) is 6.05. The topological polar surface area (TPSA) is 59.0 Å². The van der Waals surface area contributed by atoms with Crippen LogP contribution in [0.5, 0.6) is 0 Å². The normalized spacial score (nSPS) is 12.0. The van der Waals surface area contributed by atoms with Crippen molar-refractivity contribution in [2.24, 2.45) is 5.92 Å². The summed E-state index contributed by atoms with van der Waals surface area (Å²) in [6.45, 7) is 2.93. The van der Waals surface area contributed by atoms with Gasteiger partial charge in [0.25, 0.3) is 0 Å². The van der Waals surface area contributed by atoms with Crippen LogP contribution in [0.25, 0.3) is 0 Å². The van der Waals surface area contributed by atoms with Gasteiger partial charge < -0.3 is 10.5 Å². The lowest BCUT2D eigenvalue weighted by Crippen LogP contribution is -2.07. The number of nitrogen functional groups attached to an aromatic ring is 1. The van der Waals surface area contributed by atoms with Gasteiger partial charge in [0, 0.05) is 11.3 Å². The van der Waals surface area contributed by atoms with Gasteiger partial charge in [-0.1, -0.05) is 25.1 Å². The van der Waals surface area contributed by atoms with E-state index in [-0.39, 0.29) is 5.92 Å². The van der Waals surface area contributed by atoms with E-state index in [9.17, 15) is 0 Å². The number of benzene rings is 1. The molecule has 0 aliphatic heterocycles. The molecule has 3 heteroatoms. The standard InChI is InChI=1S/C12H16N2O/c1-2-10(7-13)8-15-9-11-5-3-4-6-12(11)14/h3-6,10H,2,8-9,14H2,1H3. The Balaban J connectivity index is 2.39. The van der Waals surface area contributed by atoms with Gasteiger partial charge in [-0.25, -0.2) is 0 Å². The molecule has 1 aromatic carbocycles. The van der Waals surface area contributed by atoms with Crippen molar-refractivity contribution in [1.82, 2.24) is 0 Å². The van der Waals surface area contributed by atoms with Crippen LogP contribution >= 0.6 is 0 Å². The number of nitrogens with zero attached hydrogens (tertiary/aromatic N) is 1. The van der Waals surface area contributed by atoms with E-state index in [0.717, 1.165) is 17.7 Å². The highest BCUT2D eigenvalue weighted by molar-refractivity contribution is 5.45. The molecule has 2 N–H and O–H groups in total. The molecule has 0 aromatic heterocycles. The van der Waals surface area contributed by atoms with Gasteiger partial charge in [0.05, 0.1) is 25.2 Å². The third-order valence-electron chi connectivity index (χ3n) is 2.31. The van der Waals surface area contributed by atoms with Crippen molar-refractivity contribution in [1.29, 1.82) is 5.26 Å². The second-order valence-electron chi connectivity index (χ2n) is 3.45. The molecule has 0 saturated carbocycles. The van der Waals surface area contributed by atoms with Crippen LogP contribution in [0.3, 0.4) is 0 Å². The Hall–Kier alpha value is -1.53. The SMILES string of the molecule is CCC(C#N)COCc1ccccc1N. The van der Waals surface area contributed by atoms with Crippen LogP contribution in [-0.2, 0) is 11.3 Å². The molecular weight excluding hydrogens is 188 g/mol. The van der Waals surface area contributed by atoms with Gasteiger partial charge in [0.2, 0.25) is 0 Å². The van der Waals surface area contributed by atoms with Gasteiger partial charge in [0.15, 0.2) is 0 Å². The van der Waals surface area contributed by atoms with Crippen molar-refractivity contribution in [3.63, 3.8) is 0 Å². The van der Waals surface area contributed by atoms with E-state index in [1.807, 2.05) is 31.2 Å². The minimum atomic E-state index is -0.0186. The van der Waals surface area contributed by atoms with Crippen LogP contribution in [0, 0.1) is 17.2 Å². The summed E-state index contributed by atoms with van der Waals surface area (Å²) in [6, 6.07) is 9.80. The summed E-state index contributed by atoms with van der Waals surface area (Å²) in [6.07, 6.45) is 0.820. The molecule has 0 saturated heterocycles. The average molecular weight is 204 g/mol. The van der Waals surface area contributed by atoms with Gasteiger partial charge in [-0.15, -0.1) is 0 Å². The van der Waals surface area contributed by atoms with E-state index in [2.05, 4.69) is 6.07 Å². The van der Waals surface area contributed by atoms with Gasteiger partial charge in [-0.3, -0.25) is 0 Å². The third kappa shape index (κ3) is 3.61. The van der Waals surface area contributed by atoms with Crippen LogP contribution in [0.2, 0.25) is 0 Å². The zero-order valence-electron chi connectivity index (χ0n) is 8.94. The van der Waals surface area contributed by atoms with Crippen LogP contribution < -0.4 is 5.73 Å². The zero-order valence-corrected chi connectivity index (χ0v) is 8.94. The first-order chi connectivity index (χ1) is 7.27. The molecule has 0 aliphatic rings. The van der Waals surface area contributed by atoms with Gasteiger partial charge in [0.1, 0.15) is 0 Å². The van der Waals surface area contributed by atoms with Gasteiger partial charge in [-0.05, 0) is 12.5 Å². The first kappa shape index (κ1) is 11.5. The monoisotopic (exact) mass is 204 g/mol. The van der Waals surface area contributed by atoms with Crippen molar-refractivity contribution >= 4 is 5.69 Å². The zero-order chi connectivity index (χ0) is 11.1. The summed E-state index contributed by atoms with van der Waals surface area (Å²) in [5.74, 6) is -0.0186. The van der Waals surface area contributed by atoms with E-state index >= 15 is 0 Å². The van der Waals surface area contributed by atoms with E-state index in [4.69, 9.17) is 15.7 Å². The second-order valence-corrected chi connectivity index (χ2v) is 3.45. The lowest BCUT2D eigenvalue weighted by atomic mass is 10.1. The molecular formula is C12H16N2O. The van der Waals surface area contributed by atoms with Crippen LogP contribution in [0.15, 0.2) is 24.3 Å². The fourth-order valence-corrected chi connectivity index (χ4v) is 1.22. The quantitative estimate of drug-likeness (QED) is 0.749.